The standard InChI is InChI=1S/C20H15I3O4/c1-24-12-6-3-8-14(18(12)21)26-16-10-5-11-17(20(16)23)27-15-9-4-7-13(25-2)19(15)22/h3-11H,1-2H3. The van der Waals surface area contributed by atoms with Crippen LogP contribution < -0.4 is 18.9 Å². The van der Waals surface area contributed by atoms with E-state index in [1.807, 2.05) is 54.6 Å². The Bertz CT molecular complexity index is 886. The van der Waals surface area contributed by atoms with Crippen molar-refractivity contribution >= 4 is 67.8 Å². The number of rotatable bonds is 6. The Morgan fingerprint density at radius 1 is 0.481 bits per heavy atom. The number of hydrogen-bond donors (Lipinski definition) is 0. The molecule has 0 unspecified atom stereocenters. The number of halogens is 3. The van der Waals surface area contributed by atoms with Crippen LogP contribution in [0.25, 0.3) is 0 Å². The summed E-state index contributed by atoms with van der Waals surface area (Å²) in [5.74, 6) is 4.47. The van der Waals surface area contributed by atoms with Crippen molar-refractivity contribution in [3.63, 3.8) is 0 Å². The summed E-state index contributed by atoms with van der Waals surface area (Å²) in [6.45, 7) is 0. The summed E-state index contributed by atoms with van der Waals surface area (Å²) in [4.78, 5) is 0. The summed E-state index contributed by atoms with van der Waals surface area (Å²) in [6, 6.07) is 17.2. The maximum absolute atomic E-state index is 6.13. The summed E-state index contributed by atoms with van der Waals surface area (Å²) >= 11 is 6.68. The third kappa shape index (κ3) is 4.73. The van der Waals surface area contributed by atoms with E-state index >= 15 is 0 Å². The van der Waals surface area contributed by atoms with Crippen molar-refractivity contribution in [1.82, 2.24) is 0 Å². The molecule has 0 aliphatic heterocycles. The van der Waals surface area contributed by atoms with E-state index in [2.05, 4.69) is 67.8 Å². The molecule has 4 nitrogen and oxygen atoms in total. The monoisotopic (exact) mass is 700 g/mol. The van der Waals surface area contributed by atoms with Crippen LogP contribution in [0.4, 0.5) is 0 Å². The number of ether oxygens (including phenoxy) is 4. The van der Waals surface area contributed by atoms with E-state index in [-0.39, 0.29) is 0 Å². The SMILES string of the molecule is COc1cccc(Oc2cccc(Oc3cccc(OC)c3I)c2I)c1I. The highest BCUT2D eigenvalue weighted by molar-refractivity contribution is 14.1. The molecule has 0 radical (unpaired) electrons. The Kier molecular flexibility index (Phi) is 7.31. The van der Waals surface area contributed by atoms with Crippen LogP contribution in [-0.4, -0.2) is 14.2 Å². The van der Waals surface area contributed by atoms with Gasteiger partial charge in [-0.05, 0) is 104 Å². The fraction of sp³-hybridized carbons (Fsp3) is 0.100. The Hall–Kier alpha value is -0.950. The maximum atomic E-state index is 6.13. The largest absolute Gasteiger partial charge is 0.496 e. The van der Waals surface area contributed by atoms with Gasteiger partial charge < -0.3 is 18.9 Å². The summed E-state index contributed by atoms with van der Waals surface area (Å²) in [6.07, 6.45) is 0. The zero-order valence-corrected chi connectivity index (χ0v) is 20.9. The van der Waals surface area contributed by atoms with Crippen molar-refractivity contribution < 1.29 is 18.9 Å². The molecule has 0 aliphatic rings. The Morgan fingerprint density at radius 2 is 0.741 bits per heavy atom. The van der Waals surface area contributed by atoms with Gasteiger partial charge in [0.15, 0.2) is 0 Å². The minimum atomic E-state index is 0.720. The first kappa shape index (κ1) is 20.8. The molecule has 0 atom stereocenters. The van der Waals surface area contributed by atoms with Gasteiger partial charge in [-0.15, -0.1) is 0 Å². The minimum absolute atomic E-state index is 0.720. The molecule has 0 fully saturated rings. The van der Waals surface area contributed by atoms with Crippen molar-refractivity contribution in [2.24, 2.45) is 0 Å². The van der Waals surface area contributed by atoms with Crippen LogP contribution in [0.15, 0.2) is 54.6 Å². The van der Waals surface area contributed by atoms with Crippen LogP contribution in [0, 0.1) is 10.7 Å². The van der Waals surface area contributed by atoms with E-state index in [4.69, 9.17) is 18.9 Å². The molecule has 140 valence electrons. The van der Waals surface area contributed by atoms with Gasteiger partial charge in [0.1, 0.15) is 34.5 Å². The molecule has 3 rings (SSSR count). The number of hydrogen-bond acceptors (Lipinski definition) is 4. The van der Waals surface area contributed by atoms with Gasteiger partial charge in [0.25, 0.3) is 0 Å². The predicted molar refractivity (Wildman–Crippen MR) is 131 cm³/mol. The van der Waals surface area contributed by atoms with Gasteiger partial charge in [0.05, 0.1) is 24.9 Å². The second-order valence-electron chi connectivity index (χ2n) is 5.32. The smallest absolute Gasteiger partial charge is 0.144 e. The lowest BCUT2D eigenvalue weighted by atomic mass is 10.3. The molecule has 7 heteroatoms. The molecule has 0 N–H and O–H groups in total. The molecular formula is C20H15I3O4. The second kappa shape index (κ2) is 9.50. The van der Waals surface area contributed by atoms with Gasteiger partial charge in [-0.25, -0.2) is 0 Å². The molecule has 0 saturated heterocycles. The Labute approximate surface area is 199 Å². The van der Waals surface area contributed by atoms with Crippen LogP contribution >= 0.6 is 67.8 Å². The fourth-order valence-electron chi connectivity index (χ4n) is 2.34. The molecule has 0 bridgehead atoms. The van der Waals surface area contributed by atoms with Crippen molar-refractivity contribution in [1.29, 1.82) is 0 Å². The average Bonchev–Trinajstić information content (AvgIpc) is 2.68. The molecule has 27 heavy (non-hydrogen) atoms. The van der Waals surface area contributed by atoms with E-state index in [1.165, 1.54) is 0 Å². The zero-order chi connectivity index (χ0) is 19.4. The normalized spacial score (nSPS) is 10.4. The summed E-state index contributed by atoms with van der Waals surface area (Å²) < 4.78 is 25.7. The van der Waals surface area contributed by atoms with Crippen LogP contribution in [0.5, 0.6) is 34.5 Å². The summed E-state index contributed by atoms with van der Waals surface area (Å²) in [7, 11) is 3.30. The third-order valence-corrected chi connectivity index (χ3v) is 6.85. The highest BCUT2D eigenvalue weighted by Gasteiger charge is 2.15. The predicted octanol–water partition coefficient (Wildman–Crippen LogP) is 7.10. The lowest BCUT2D eigenvalue weighted by Crippen LogP contribution is -1.96. The highest BCUT2D eigenvalue weighted by Crippen LogP contribution is 2.40. The van der Waals surface area contributed by atoms with Gasteiger partial charge in [-0.2, -0.15) is 0 Å². The first-order chi connectivity index (χ1) is 13.0. The number of benzene rings is 3. The molecule has 0 amide bonds. The van der Waals surface area contributed by atoms with Gasteiger partial charge in [-0.1, -0.05) is 18.2 Å². The number of methoxy groups -OCH3 is 2. The summed E-state index contributed by atoms with van der Waals surface area (Å²) in [5, 5.41) is 0. The topological polar surface area (TPSA) is 36.9 Å². The lowest BCUT2D eigenvalue weighted by Gasteiger charge is -2.15. The molecule has 3 aromatic carbocycles. The molecule has 0 aromatic heterocycles. The Balaban J connectivity index is 1.91. The van der Waals surface area contributed by atoms with Gasteiger partial charge in [0.2, 0.25) is 0 Å². The van der Waals surface area contributed by atoms with Crippen LogP contribution in [-0.2, 0) is 0 Å². The van der Waals surface area contributed by atoms with Gasteiger partial charge in [-0.3, -0.25) is 0 Å². The van der Waals surface area contributed by atoms with Gasteiger partial charge in [0, 0.05) is 0 Å². The maximum Gasteiger partial charge on any atom is 0.144 e. The molecule has 0 saturated carbocycles. The third-order valence-electron chi connectivity index (χ3n) is 3.66. The van der Waals surface area contributed by atoms with E-state index in [0.29, 0.717) is 0 Å². The average molecular weight is 700 g/mol. The Morgan fingerprint density at radius 3 is 1.04 bits per heavy atom. The summed E-state index contributed by atoms with van der Waals surface area (Å²) in [5.41, 5.74) is 0. The van der Waals surface area contributed by atoms with Crippen LogP contribution in [0.1, 0.15) is 0 Å². The van der Waals surface area contributed by atoms with Crippen LogP contribution in [0.2, 0.25) is 0 Å². The lowest BCUT2D eigenvalue weighted by molar-refractivity contribution is 0.401. The van der Waals surface area contributed by atoms with Crippen molar-refractivity contribution in [2.45, 2.75) is 0 Å². The fourth-order valence-corrected chi connectivity index (χ4v) is 4.30. The molecular weight excluding hydrogens is 685 g/mol. The van der Waals surface area contributed by atoms with Crippen LogP contribution in [0.3, 0.4) is 0 Å². The minimum Gasteiger partial charge on any atom is -0.496 e. The van der Waals surface area contributed by atoms with Crippen molar-refractivity contribution in [3.8, 4) is 34.5 Å². The molecule has 0 spiro atoms. The molecule has 3 aromatic rings. The molecule has 0 heterocycles. The van der Waals surface area contributed by atoms with Crippen molar-refractivity contribution in [2.75, 3.05) is 14.2 Å². The zero-order valence-electron chi connectivity index (χ0n) is 14.5. The van der Waals surface area contributed by atoms with Crippen molar-refractivity contribution in [3.05, 3.63) is 65.3 Å². The van der Waals surface area contributed by atoms with E-state index < -0.39 is 0 Å². The molecule has 0 aliphatic carbocycles. The highest BCUT2D eigenvalue weighted by atomic mass is 127. The second-order valence-corrected chi connectivity index (χ2v) is 8.55. The van der Waals surface area contributed by atoms with E-state index in [9.17, 15) is 0 Å². The quantitative estimate of drug-likeness (QED) is 0.258. The first-order valence-electron chi connectivity index (χ1n) is 7.84. The van der Waals surface area contributed by atoms with Gasteiger partial charge >= 0.3 is 0 Å². The first-order valence-corrected chi connectivity index (χ1v) is 11.1. The van der Waals surface area contributed by atoms with E-state index in [0.717, 1.165) is 45.2 Å². The van der Waals surface area contributed by atoms with E-state index in [1.54, 1.807) is 14.2 Å².